The number of carboxylic acid groups (broad SMARTS) is 1. The number of hydrogen-bond acceptors (Lipinski definition) is 14. The second-order valence-electron chi connectivity index (χ2n) is 9.06. The third kappa shape index (κ3) is 7.26. The van der Waals surface area contributed by atoms with Gasteiger partial charge in [-0.2, -0.15) is 0 Å². The molecule has 2 aromatic rings. The van der Waals surface area contributed by atoms with Crippen molar-refractivity contribution in [1.82, 2.24) is 4.90 Å². The van der Waals surface area contributed by atoms with E-state index in [4.69, 9.17) is 15.3 Å². The van der Waals surface area contributed by atoms with Gasteiger partial charge in [-0.15, -0.1) is 0 Å². The Balaban J connectivity index is 2.52. The number of carboxylic acids is 1. The molecule has 0 saturated heterocycles. The minimum atomic E-state index is -2.69. The number of benzene rings is 2. The number of carbonyl (C=O) groups is 2. The van der Waals surface area contributed by atoms with Gasteiger partial charge in [0.15, 0.2) is 12.5 Å². The van der Waals surface area contributed by atoms with Gasteiger partial charge in [0.2, 0.25) is 0 Å². The van der Waals surface area contributed by atoms with Crippen LogP contribution in [-0.2, 0) is 0 Å². The molecule has 0 aliphatic rings. The third-order valence-corrected chi connectivity index (χ3v) is 6.31. The lowest BCUT2D eigenvalue weighted by molar-refractivity contribution is -0.213. The molecule has 13 N–H and O–H groups in total. The summed E-state index contributed by atoms with van der Waals surface area (Å²) in [5.74, 6) is -2.59. The number of hydrogen-bond donors (Lipinski definition) is 13. The lowest BCUT2D eigenvalue weighted by Gasteiger charge is -2.40. The van der Waals surface area contributed by atoms with Crippen LogP contribution < -0.4 is 0 Å². The molecule has 0 radical (unpaired) electrons. The summed E-state index contributed by atoms with van der Waals surface area (Å²) in [6.07, 6.45) is -24.0. The Kier molecular flexibility index (Phi) is 11.8. The zero-order chi connectivity index (χ0) is 30.5. The molecular formula is C24H33NO15. The van der Waals surface area contributed by atoms with Crippen LogP contribution in [0, 0.1) is 0 Å². The third-order valence-electron chi connectivity index (χ3n) is 6.31. The van der Waals surface area contributed by atoms with Crippen LogP contribution >= 0.6 is 0 Å². The van der Waals surface area contributed by atoms with Crippen molar-refractivity contribution in [3.05, 3.63) is 47.5 Å². The second kappa shape index (κ2) is 14.2. The van der Waals surface area contributed by atoms with Crippen molar-refractivity contribution in [2.75, 3.05) is 13.2 Å². The van der Waals surface area contributed by atoms with Crippen LogP contribution in [0.2, 0.25) is 0 Å². The van der Waals surface area contributed by atoms with Gasteiger partial charge in [-0.3, -0.25) is 9.69 Å². The van der Waals surface area contributed by atoms with E-state index in [9.17, 15) is 60.7 Å². The van der Waals surface area contributed by atoms with E-state index in [1.807, 2.05) is 0 Å². The maximum Gasteiger partial charge on any atom is 0.335 e. The number of aliphatic hydroxyl groups is 12. The van der Waals surface area contributed by atoms with Gasteiger partial charge in [0.1, 0.15) is 48.8 Å². The van der Waals surface area contributed by atoms with E-state index in [2.05, 4.69) is 0 Å². The zero-order valence-electron chi connectivity index (χ0n) is 20.7. The smallest absolute Gasteiger partial charge is 0.335 e. The number of aliphatic hydroxyl groups excluding tert-OH is 12. The maximum atomic E-state index is 13.4. The molecule has 16 heteroatoms. The van der Waals surface area contributed by atoms with Gasteiger partial charge in [-0.25, -0.2) is 4.79 Å². The van der Waals surface area contributed by atoms with Crippen LogP contribution in [0.5, 0.6) is 0 Å². The van der Waals surface area contributed by atoms with Gasteiger partial charge >= 0.3 is 5.97 Å². The summed E-state index contributed by atoms with van der Waals surface area (Å²) in [4.78, 5) is 24.6. The summed E-state index contributed by atoms with van der Waals surface area (Å²) in [5, 5.41) is 129. The van der Waals surface area contributed by atoms with E-state index in [0.29, 0.717) is 10.8 Å². The summed E-state index contributed by atoms with van der Waals surface area (Å²) in [6, 6.07) is 7.44. The van der Waals surface area contributed by atoms with E-state index < -0.39 is 86.4 Å². The van der Waals surface area contributed by atoms with E-state index in [1.165, 1.54) is 30.3 Å². The normalized spacial score (nSPS) is 19.5. The molecule has 10 atom stereocenters. The first-order valence-electron chi connectivity index (χ1n) is 11.8. The summed E-state index contributed by atoms with van der Waals surface area (Å²) >= 11 is 0. The van der Waals surface area contributed by atoms with Crippen molar-refractivity contribution in [2.45, 2.75) is 61.3 Å². The Hall–Kier alpha value is -2.84. The zero-order valence-corrected chi connectivity index (χ0v) is 20.7. The van der Waals surface area contributed by atoms with Gasteiger partial charge in [-0.1, -0.05) is 12.1 Å². The monoisotopic (exact) mass is 575 g/mol. The molecule has 0 saturated carbocycles. The molecule has 224 valence electrons. The highest BCUT2D eigenvalue weighted by molar-refractivity contribution is 6.00. The largest absolute Gasteiger partial charge is 0.478 e. The highest BCUT2D eigenvalue weighted by atomic mass is 16.4. The molecule has 0 aliphatic heterocycles. The number of nitrogens with zero attached hydrogens (tertiary/aromatic N) is 1. The molecule has 0 spiro atoms. The Bertz CT molecular complexity index is 1110. The quantitative estimate of drug-likeness (QED) is 0.0935. The van der Waals surface area contributed by atoms with Crippen molar-refractivity contribution >= 4 is 22.6 Å². The SMILES string of the molecule is O=C(O)c1ccc2cc(C(=O)N(C(O)[C@H](O)[C@H](O)[C@H](O)[C@@H](O)CO)C(O)[C@H](O)[C@H](O)[C@H](O)[C@@H](O)CO)ccc2c1. The molecule has 0 heterocycles. The first-order valence-corrected chi connectivity index (χ1v) is 11.8. The number of fused-ring (bicyclic) bond motifs is 1. The predicted octanol–water partition coefficient (Wildman–Crippen LogP) is -5.51. The Morgan fingerprint density at radius 2 is 0.950 bits per heavy atom. The lowest BCUT2D eigenvalue weighted by atomic mass is 9.98. The Labute approximate surface area is 226 Å². The first-order chi connectivity index (χ1) is 18.7. The van der Waals surface area contributed by atoms with Gasteiger partial charge in [0, 0.05) is 5.56 Å². The minimum absolute atomic E-state index is 0.0371. The fourth-order valence-corrected chi connectivity index (χ4v) is 3.81. The molecule has 0 aliphatic carbocycles. The fourth-order valence-electron chi connectivity index (χ4n) is 3.81. The molecule has 1 amide bonds. The molecule has 2 rings (SSSR count). The van der Waals surface area contributed by atoms with E-state index >= 15 is 0 Å². The molecule has 0 aromatic heterocycles. The summed E-state index contributed by atoms with van der Waals surface area (Å²) < 4.78 is 0. The number of rotatable bonds is 14. The van der Waals surface area contributed by atoms with Crippen LogP contribution in [0.25, 0.3) is 10.8 Å². The second-order valence-corrected chi connectivity index (χ2v) is 9.06. The van der Waals surface area contributed by atoms with E-state index in [0.717, 1.165) is 6.07 Å². The Morgan fingerprint density at radius 3 is 1.32 bits per heavy atom. The van der Waals surface area contributed by atoms with Gasteiger partial charge in [0.05, 0.1) is 18.8 Å². The molecule has 16 nitrogen and oxygen atoms in total. The molecule has 2 unspecified atom stereocenters. The first kappa shape index (κ1) is 33.4. The number of amides is 1. The fraction of sp³-hybridized carbons (Fsp3) is 0.500. The van der Waals surface area contributed by atoms with Gasteiger partial charge < -0.3 is 66.4 Å². The maximum absolute atomic E-state index is 13.4. The average Bonchev–Trinajstić information content (AvgIpc) is 2.96. The predicted molar refractivity (Wildman–Crippen MR) is 131 cm³/mol. The standard InChI is InChI=1S/C24H33NO15/c26-7-13(28)15(30)17(32)19(34)22(37)25(23(38)20(35)18(33)16(31)14(29)8-27)21(36)11-3-1-10-6-12(24(39)40)4-2-9(10)5-11/h1-6,13-20,22-23,26-35,37-38H,7-8H2,(H,39,40)/t13-,14-,15+,16+,17+,18+,19+,20+,22?,23?/m0/s1. The average molecular weight is 576 g/mol. The summed E-state index contributed by atoms with van der Waals surface area (Å²) in [7, 11) is 0. The van der Waals surface area contributed by atoms with Crippen LogP contribution in [-0.4, -0.2) is 158 Å². The van der Waals surface area contributed by atoms with E-state index in [1.54, 1.807) is 0 Å². The van der Waals surface area contributed by atoms with Gasteiger partial charge in [-0.05, 0) is 35.0 Å². The van der Waals surface area contributed by atoms with Crippen LogP contribution in [0.15, 0.2) is 36.4 Å². The van der Waals surface area contributed by atoms with Crippen LogP contribution in [0.3, 0.4) is 0 Å². The van der Waals surface area contributed by atoms with Crippen LogP contribution in [0.1, 0.15) is 20.7 Å². The molecule has 40 heavy (non-hydrogen) atoms. The molecule has 0 fully saturated rings. The summed E-state index contributed by atoms with van der Waals surface area (Å²) in [6.45, 7) is -2.16. The highest BCUT2D eigenvalue weighted by Crippen LogP contribution is 2.24. The minimum Gasteiger partial charge on any atom is -0.478 e. The lowest BCUT2D eigenvalue weighted by Crippen LogP contribution is -2.63. The van der Waals surface area contributed by atoms with Crippen LogP contribution in [0.4, 0.5) is 0 Å². The number of carbonyl (C=O) groups excluding carboxylic acids is 1. The molecular weight excluding hydrogens is 542 g/mol. The molecule has 2 aromatic carbocycles. The number of aromatic carboxylic acids is 1. The topological polar surface area (TPSA) is 300 Å². The summed E-state index contributed by atoms with van der Waals surface area (Å²) in [5.41, 5.74) is -0.413. The Morgan fingerprint density at radius 1 is 0.575 bits per heavy atom. The molecule has 0 bridgehead atoms. The van der Waals surface area contributed by atoms with E-state index in [-0.39, 0.29) is 16.0 Å². The van der Waals surface area contributed by atoms with Crippen molar-refractivity contribution in [2.24, 2.45) is 0 Å². The van der Waals surface area contributed by atoms with Crippen molar-refractivity contribution in [1.29, 1.82) is 0 Å². The van der Waals surface area contributed by atoms with Gasteiger partial charge in [0.25, 0.3) is 5.91 Å². The van der Waals surface area contributed by atoms with Crippen molar-refractivity contribution < 1.29 is 76.0 Å². The van der Waals surface area contributed by atoms with Crippen molar-refractivity contribution in [3.63, 3.8) is 0 Å². The van der Waals surface area contributed by atoms with Crippen molar-refractivity contribution in [3.8, 4) is 0 Å². The highest BCUT2D eigenvalue weighted by Gasteiger charge is 2.45.